The number of anilines is 2. The summed E-state index contributed by atoms with van der Waals surface area (Å²) in [7, 11) is 0. The number of benzene rings is 1. The maximum atomic E-state index is 2.74. The van der Waals surface area contributed by atoms with E-state index in [-0.39, 0.29) is 0 Å². The first kappa shape index (κ1) is 20.4. The van der Waals surface area contributed by atoms with E-state index in [4.69, 9.17) is 0 Å². The molecule has 1 aromatic rings. The van der Waals surface area contributed by atoms with E-state index >= 15 is 0 Å². The Hall–Kier alpha value is -1.22. The molecule has 5 fully saturated rings. The van der Waals surface area contributed by atoms with Crippen LogP contribution in [-0.4, -0.2) is 50.7 Å². The third-order valence-electron chi connectivity index (χ3n) is 9.56. The largest absolute Gasteiger partial charge is 0.372 e. The van der Waals surface area contributed by atoms with Crippen molar-refractivity contribution >= 4 is 11.4 Å². The molecule has 0 N–H and O–H groups in total. The van der Waals surface area contributed by atoms with Gasteiger partial charge < -0.3 is 9.80 Å². The van der Waals surface area contributed by atoms with Crippen molar-refractivity contribution in [1.82, 2.24) is 4.90 Å². The molecule has 31 heavy (non-hydrogen) atoms. The highest BCUT2D eigenvalue weighted by atomic mass is 15.3. The molecule has 170 valence electrons. The summed E-state index contributed by atoms with van der Waals surface area (Å²) in [4.78, 5) is 8.12. The second-order valence-electron chi connectivity index (χ2n) is 11.6. The highest BCUT2D eigenvalue weighted by Crippen LogP contribution is 2.53. The molecule has 0 amide bonds. The Kier molecular flexibility index (Phi) is 5.67. The summed E-state index contributed by atoms with van der Waals surface area (Å²) in [6.45, 7) is 8.84. The van der Waals surface area contributed by atoms with Crippen LogP contribution in [0.4, 0.5) is 11.4 Å². The highest BCUT2D eigenvalue weighted by molar-refractivity contribution is 5.64. The van der Waals surface area contributed by atoms with Gasteiger partial charge in [-0.25, -0.2) is 0 Å². The first-order valence-corrected chi connectivity index (χ1v) is 13.6. The quantitative estimate of drug-likeness (QED) is 0.574. The lowest BCUT2D eigenvalue weighted by atomic mass is 9.68. The van der Waals surface area contributed by atoms with Gasteiger partial charge in [0.05, 0.1) is 0 Å². The number of hydrogen-bond acceptors (Lipinski definition) is 3. The minimum atomic E-state index is 0.734. The lowest BCUT2D eigenvalue weighted by molar-refractivity contribution is 0.181. The van der Waals surface area contributed by atoms with Crippen LogP contribution in [0.2, 0.25) is 0 Å². The van der Waals surface area contributed by atoms with Crippen molar-refractivity contribution in [2.45, 2.75) is 83.0 Å². The Bertz CT molecular complexity index is 740. The molecular formula is C28H43N3. The lowest BCUT2D eigenvalue weighted by Crippen LogP contribution is -2.47. The Morgan fingerprint density at radius 1 is 0.710 bits per heavy atom. The summed E-state index contributed by atoms with van der Waals surface area (Å²) in [5.74, 6) is 1.81. The molecule has 3 saturated carbocycles. The number of nitrogens with zero attached hydrogens (tertiary/aromatic N) is 3. The summed E-state index contributed by atoms with van der Waals surface area (Å²) >= 11 is 0. The molecule has 2 saturated heterocycles. The topological polar surface area (TPSA) is 9.72 Å². The first-order valence-electron chi connectivity index (χ1n) is 13.6. The smallest absolute Gasteiger partial charge is 0.0404 e. The van der Waals surface area contributed by atoms with Gasteiger partial charge in [0.2, 0.25) is 0 Å². The second-order valence-corrected chi connectivity index (χ2v) is 11.6. The van der Waals surface area contributed by atoms with Crippen molar-refractivity contribution in [1.29, 1.82) is 0 Å². The molecule has 2 heterocycles. The molecule has 5 aliphatic rings. The monoisotopic (exact) mass is 421 g/mol. The maximum absolute atomic E-state index is 2.74. The SMILES string of the molecule is c1cc(N2CCN(CC3CC3)CC2)c(C2CCC3(CCCC3)CC2)cc1N1CCCC1. The Labute approximate surface area is 190 Å². The highest BCUT2D eigenvalue weighted by Gasteiger charge is 2.38. The molecule has 3 aliphatic carbocycles. The van der Waals surface area contributed by atoms with E-state index in [0.29, 0.717) is 0 Å². The summed E-state index contributed by atoms with van der Waals surface area (Å²) in [6.07, 6.45) is 17.5. The molecule has 0 aromatic heterocycles. The Morgan fingerprint density at radius 3 is 2.10 bits per heavy atom. The fourth-order valence-corrected chi connectivity index (χ4v) is 7.33. The molecule has 2 aliphatic heterocycles. The minimum Gasteiger partial charge on any atom is -0.372 e. The van der Waals surface area contributed by atoms with Gasteiger partial charge in [0, 0.05) is 57.2 Å². The molecule has 1 spiro atoms. The van der Waals surface area contributed by atoms with Crippen LogP contribution in [0.15, 0.2) is 18.2 Å². The van der Waals surface area contributed by atoms with Crippen molar-refractivity contribution in [3.8, 4) is 0 Å². The first-order chi connectivity index (χ1) is 15.3. The summed E-state index contributed by atoms with van der Waals surface area (Å²) in [5.41, 5.74) is 5.52. The molecule has 0 radical (unpaired) electrons. The molecule has 3 heteroatoms. The molecule has 0 unspecified atom stereocenters. The molecule has 3 nitrogen and oxygen atoms in total. The predicted molar refractivity (Wildman–Crippen MR) is 131 cm³/mol. The van der Waals surface area contributed by atoms with Crippen LogP contribution < -0.4 is 9.80 Å². The van der Waals surface area contributed by atoms with E-state index in [9.17, 15) is 0 Å². The van der Waals surface area contributed by atoms with Crippen molar-refractivity contribution in [3.05, 3.63) is 23.8 Å². The Balaban J connectivity index is 1.21. The second kappa shape index (κ2) is 8.61. The zero-order chi connectivity index (χ0) is 20.7. The summed E-state index contributed by atoms with van der Waals surface area (Å²) in [5, 5.41) is 0. The van der Waals surface area contributed by atoms with Crippen LogP contribution in [0.1, 0.15) is 88.5 Å². The zero-order valence-electron chi connectivity index (χ0n) is 19.7. The summed E-state index contributed by atoms with van der Waals surface area (Å²) < 4.78 is 0. The fourth-order valence-electron chi connectivity index (χ4n) is 7.33. The fraction of sp³-hybridized carbons (Fsp3) is 0.786. The van der Waals surface area contributed by atoms with Crippen LogP contribution in [0, 0.1) is 11.3 Å². The van der Waals surface area contributed by atoms with Crippen LogP contribution >= 0.6 is 0 Å². The van der Waals surface area contributed by atoms with Gasteiger partial charge in [0.15, 0.2) is 0 Å². The lowest BCUT2D eigenvalue weighted by Gasteiger charge is -2.41. The number of hydrogen-bond donors (Lipinski definition) is 0. The molecular weight excluding hydrogens is 378 g/mol. The van der Waals surface area contributed by atoms with Gasteiger partial charge in [-0.3, -0.25) is 4.90 Å². The van der Waals surface area contributed by atoms with E-state index < -0.39 is 0 Å². The van der Waals surface area contributed by atoms with Gasteiger partial charge in [0.1, 0.15) is 0 Å². The standard InChI is InChI=1S/C28H43N3/c1-2-12-28(11-1)13-9-24(10-14-28)26-21-25(30-15-3-4-16-30)7-8-27(26)31-19-17-29(18-20-31)22-23-5-6-23/h7-8,21,23-24H,1-6,9-20,22H2. The molecule has 1 aromatic carbocycles. The zero-order valence-corrected chi connectivity index (χ0v) is 19.7. The van der Waals surface area contributed by atoms with Crippen molar-refractivity contribution in [2.75, 3.05) is 55.6 Å². The van der Waals surface area contributed by atoms with Crippen LogP contribution in [0.25, 0.3) is 0 Å². The summed E-state index contributed by atoms with van der Waals surface area (Å²) in [6, 6.07) is 7.59. The van der Waals surface area contributed by atoms with Gasteiger partial charge in [-0.2, -0.15) is 0 Å². The van der Waals surface area contributed by atoms with Gasteiger partial charge in [-0.15, -0.1) is 0 Å². The molecule has 0 atom stereocenters. The normalized spacial score (nSPS) is 27.5. The van der Waals surface area contributed by atoms with Gasteiger partial charge in [-0.1, -0.05) is 12.8 Å². The average Bonchev–Trinajstić information content (AvgIpc) is 3.26. The third kappa shape index (κ3) is 4.36. The molecule has 0 bridgehead atoms. The van der Waals surface area contributed by atoms with Crippen molar-refractivity contribution in [2.24, 2.45) is 11.3 Å². The van der Waals surface area contributed by atoms with Crippen molar-refractivity contribution in [3.63, 3.8) is 0 Å². The van der Waals surface area contributed by atoms with E-state index in [0.717, 1.165) is 17.3 Å². The third-order valence-corrected chi connectivity index (χ3v) is 9.56. The minimum absolute atomic E-state index is 0.734. The van der Waals surface area contributed by atoms with E-state index in [1.165, 1.54) is 129 Å². The van der Waals surface area contributed by atoms with Crippen LogP contribution in [0.5, 0.6) is 0 Å². The number of rotatable bonds is 5. The van der Waals surface area contributed by atoms with Gasteiger partial charge >= 0.3 is 0 Å². The average molecular weight is 422 g/mol. The Morgan fingerprint density at radius 2 is 1.42 bits per heavy atom. The van der Waals surface area contributed by atoms with Crippen LogP contribution in [-0.2, 0) is 0 Å². The number of piperazine rings is 1. The maximum Gasteiger partial charge on any atom is 0.0404 e. The van der Waals surface area contributed by atoms with Crippen LogP contribution in [0.3, 0.4) is 0 Å². The van der Waals surface area contributed by atoms with E-state index in [1.807, 2.05) is 0 Å². The van der Waals surface area contributed by atoms with Gasteiger partial charge in [-0.05, 0) is 105 Å². The predicted octanol–water partition coefficient (Wildman–Crippen LogP) is 6.04. The molecule has 6 rings (SSSR count). The van der Waals surface area contributed by atoms with E-state index in [1.54, 1.807) is 11.3 Å². The van der Waals surface area contributed by atoms with Gasteiger partial charge in [0.25, 0.3) is 0 Å². The van der Waals surface area contributed by atoms with E-state index in [2.05, 4.69) is 32.9 Å². The van der Waals surface area contributed by atoms with Crippen molar-refractivity contribution < 1.29 is 0 Å².